The predicted molar refractivity (Wildman–Crippen MR) is 85.1 cm³/mol. The molecule has 0 spiro atoms. The van der Waals surface area contributed by atoms with Gasteiger partial charge in [-0.3, -0.25) is 4.90 Å². The summed E-state index contributed by atoms with van der Waals surface area (Å²) in [5.74, 6) is 0. The number of likely N-dealkylation sites (tertiary alicyclic amines) is 2. The molecule has 1 saturated carbocycles. The number of unbranched alkanes of at least 4 members (excludes halogenated alkanes) is 2. The Labute approximate surface area is 125 Å². The summed E-state index contributed by atoms with van der Waals surface area (Å²) < 4.78 is 0. The Morgan fingerprint density at radius 1 is 0.850 bits per heavy atom. The van der Waals surface area contributed by atoms with E-state index in [0.29, 0.717) is 0 Å². The molecule has 2 heterocycles. The van der Waals surface area contributed by atoms with Crippen molar-refractivity contribution in [2.45, 2.75) is 69.9 Å². The highest BCUT2D eigenvalue weighted by Gasteiger charge is 2.27. The lowest BCUT2D eigenvalue weighted by atomic mass is 10.1. The second-order valence-electron chi connectivity index (χ2n) is 7.13. The molecule has 116 valence electrons. The minimum Gasteiger partial charge on any atom is -0.314 e. The van der Waals surface area contributed by atoms with Gasteiger partial charge in [-0.25, -0.2) is 0 Å². The van der Waals surface area contributed by atoms with Gasteiger partial charge in [-0.05, 0) is 77.7 Å². The fourth-order valence-corrected chi connectivity index (χ4v) is 3.83. The molecular formula is C17H33N3. The summed E-state index contributed by atoms with van der Waals surface area (Å²) in [6.07, 6.45) is 12.8. The van der Waals surface area contributed by atoms with E-state index in [4.69, 9.17) is 0 Å². The highest BCUT2D eigenvalue weighted by molar-refractivity contribution is 4.84. The van der Waals surface area contributed by atoms with Crippen LogP contribution in [-0.4, -0.2) is 61.2 Å². The molecular weight excluding hydrogens is 246 g/mol. The van der Waals surface area contributed by atoms with Crippen LogP contribution in [0, 0.1) is 0 Å². The highest BCUT2D eigenvalue weighted by atomic mass is 15.3. The lowest BCUT2D eigenvalue weighted by Gasteiger charge is -2.32. The third kappa shape index (κ3) is 4.71. The first kappa shape index (κ1) is 14.8. The van der Waals surface area contributed by atoms with Crippen LogP contribution in [0.1, 0.15) is 57.8 Å². The van der Waals surface area contributed by atoms with Crippen LogP contribution in [0.3, 0.4) is 0 Å². The highest BCUT2D eigenvalue weighted by Crippen LogP contribution is 2.21. The van der Waals surface area contributed by atoms with Crippen LogP contribution in [0.25, 0.3) is 0 Å². The van der Waals surface area contributed by atoms with E-state index in [1.54, 1.807) is 0 Å². The molecule has 20 heavy (non-hydrogen) atoms. The van der Waals surface area contributed by atoms with Crippen LogP contribution in [0.4, 0.5) is 0 Å². The van der Waals surface area contributed by atoms with Crippen molar-refractivity contribution >= 4 is 0 Å². The molecule has 0 amide bonds. The number of nitrogens with zero attached hydrogens (tertiary/aromatic N) is 2. The molecule has 2 saturated heterocycles. The van der Waals surface area contributed by atoms with Crippen LogP contribution >= 0.6 is 0 Å². The van der Waals surface area contributed by atoms with Crippen molar-refractivity contribution in [2.75, 3.05) is 39.3 Å². The zero-order valence-corrected chi connectivity index (χ0v) is 13.2. The van der Waals surface area contributed by atoms with Gasteiger partial charge in [0.15, 0.2) is 0 Å². The van der Waals surface area contributed by atoms with E-state index in [2.05, 4.69) is 15.1 Å². The minimum atomic E-state index is 0.881. The van der Waals surface area contributed by atoms with Gasteiger partial charge in [0, 0.05) is 18.6 Å². The fourth-order valence-electron chi connectivity index (χ4n) is 3.83. The van der Waals surface area contributed by atoms with Crippen molar-refractivity contribution in [1.29, 1.82) is 0 Å². The molecule has 3 heteroatoms. The molecule has 0 bridgehead atoms. The lowest BCUT2D eigenvalue weighted by molar-refractivity contribution is 0.162. The maximum absolute atomic E-state index is 3.61. The van der Waals surface area contributed by atoms with Crippen molar-refractivity contribution in [3.05, 3.63) is 0 Å². The van der Waals surface area contributed by atoms with Crippen LogP contribution in [-0.2, 0) is 0 Å². The number of piperidine rings is 1. The minimum absolute atomic E-state index is 0.881. The number of nitrogens with one attached hydrogen (secondary N) is 1. The van der Waals surface area contributed by atoms with Gasteiger partial charge in [0.25, 0.3) is 0 Å². The first-order chi connectivity index (χ1) is 9.92. The van der Waals surface area contributed by atoms with Gasteiger partial charge in [-0.15, -0.1) is 0 Å². The Kier molecular flexibility index (Phi) is 5.75. The summed E-state index contributed by atoms with van der Waals surface area (Å²) in [6.45, 7) is 8.02. The van der Waals surface area contributed by atoms with E-state index in [1.165, 1.54) is 97.1 Å². The summed E-state index contributed by atoms with van der Waals surface area (Å²) in [4.78, 5) is 5.48. The first-order valence-corrected chi connectivity index (χ1v) is 9.11. The maximum Gasteiger partial charge on any atom is 0.0235 e. The number of hydrogen-bond donors (Lipinski definition) is 1. The molecule has 1 unspecified atom stereocenters. The van der Waals surface area contributed by atoms with Crippen molar-refractivity contribution in [3.63, 3.8) is 0 Å². The summed E-state index contributed by atoms with van der Waals surface area (Å²) in [6, 6.07) is 1.77. The Bertz CT molecular complexity index is 271. The molecule has 3 fully saturated rings. The smallest absolute Gasteiger partial charge is 0.0235 e. The first-order valence-electron chi connectivity index (χ1n) is 9.11. The Balaban J connectivity index is 1.22. The average Bonchev–Trinajstić information content (AvgIpc) is 3.20. The van der Waals surface area contributed by atoms with Gasteiger partial charge < -0.3 is 10.2 Å². The molecule has 1 N–H and O–H groups in total. The second kappa shape index (κ2) is 7.77. The third-order valence-electron chi connectivity index (χ3n) is 5.32. The van der Waals surface area contributed by atoms with Crippen molar-refractivity contribution in [2.24, 2.45) is 0 Å². The summed E-state index contributed by atoms with van der Waals surface area (Å²) in [5, 5.41) is 3.61. The Morgan fingerprint density at radius 2 is 1.70 bits per heavy atom. The molecule has 0 radical (unpaired) electrons. The van der Waals surface area contributed by atoms with E-state index in [0.717, 1.165) is 12.1 Å². The molecule has 0 aromatic heterocycles. The third-order valence-corrected chi connectivity index (χ3v) is 5.32. The zero-order valence-electron chi connectivity index (χ0n) is 13.2. The quantitative estimate of drug-likeness (QED) is 0.689. The number of hydrogen-bond acceptors (Lipinski definition) is 3. The average molecular weight is 279 g/mol. The van der Waals surface area contributed by atoms with Gasteiger partial charge in [-0.2, -0.15) is 0 Å². The van der Waals surface area contributed by atoms with Crippen molar-refractivity contribution in [1.82, 2.24) is 15.1 Å². The fraction of sp³-hybridized carbons (Fsp3) is 1.00. The SMILES string of the molecule is C(CCNC1CC1)CCN1CCC(N2CCCCC2)C1. The molecule has 2 aliphatic heterocycles. The summed E-state index contributed by atoms with van der Waals surface area (Å²) >= 11 is 0. The Hall–Kier alpha value is -0.120. The van der Waals surface area contributed by atoms with Gasteiger partial charge in [-0.1, -0.05) is 12.8 Å². The van der Waals surface area contributed by atoms with Crippen LogP contribution in [0.15, 0.2) is 0 Å². The summed E-state index contributed by atoms with van der Waals surface area (Å²) in [5.41, 5.74) is 0. The molecule has 1 atom stereocenters. The molecule has 3 nitrogen and oxygen atoms in total. The second-order valence-corrected chi connectivity index (χ2v) is 7.13. The van der Waals surface area contributed by atoms with Gasteiger partial charge in [0.1, 0.15) is 0 Å². The largest absolute Gasteiger partial charge is 0.314 e. The van der Waals surface area contributed by atoms with Crippen molar-refractivity contribution < 1.29 is 0 Å². The zero-order chi connectivity index (χ0) is 13.6. The normalized spacial score (nSPS) is 29.1. The predicted octanol–water partition coefficient (Wildman–Crippen LogP) is 2.47. The van der Waals surface area contributed by atoms with E-state index < -0.39 is 0 Å². The van der Waals surface area contributed by atoms with Crippen LogP contribution in [0.2, 0.25) is 0 Å². The number of rotatable bonds is 8. The molecule has 3 aliphatic rings. The van der Waals surface area contributed by atoms with E-state index in [1.807, 2.05) is 0 Å². The standard InChI is InChI=1S/C17H33N3/c1(3-10-18-16-7-8-16)4-11-19-14-9-17(15-19)20-12-5-2-6-13-20/h16-18H,1-15H2. The van der Waals surface area contributed by atoms with Gasteiger partial charge in [0.2, 0.25) is 0 Å². The van der Waals surface area contributed by atoms with Gasteiger partial charge >= 0.3 is 0 Å². The Morgan fingerprint density at radius 3 is 2.50 bits per heavy atom. The van der Waals surface area contributed by atoms with Crippen molar-refractivity contribution in [3.8, 4) is 0 Å². The molecule has 0 aromatic carbocycles. The summed E-state index contributed by atoms with van der Waals surface area (Å²) in [7, 11) is 0. The lowest BCUT2D eigenvalue weighted by Crippen LogP contribution is -2.40. The van der Waals surface area contributed by atoms with E-state index in [9.17, 15) is 0 Å². The van der Waals surface area contributed by atoms with Crippen LogP contribution in [0.5, 0.6) is 0 Å². The monoisotopic (exact) mass is 279 g/mol. The van der Waals surface area contributed by atoms with Gasteiger partial charge in [0.05, 0.1) is 0 Å². The van der Waals surface area contributed by atoms with E-state index >= 15 is 0 Å². The molecule has 1 aliphatic carbocycles. The molecule has 3 rings (SSSR count). The molecule has 0 aromatic rings. The van der Waals surface area contributed by atoms with E-state index in [-0.39, 0.29) is 0 Å². The maximum atomic E-state index is 3.61. The van der Waals surface area contributed by atoms with Crippen LogP contribution < -0.4 is 5.32 Å². The topological polar surface area (TPSA) is 18.5 Å².